The fourth-order valence-corrected chi connectivity index (χ4v) is 2.39. The first-order valence-electron chi connectivity index (χ1n) is 6.51. The van der Waals surface area contributed by atoms with Crippen molar-refractivity contribution in [2.24, 2.45) is 0 Å². The van der Waals surface area contributed by atoms with E-state index in [1.165, 1.54) is 0 Å². The Morgan fingerprint density at radius 1 is 1.20 bits per heavy atom. The van der Waals surface area contributed by atoms with Crippen LogP contribution in [0.1, 0.15) is 38.6 Å². The van der Waals surface area contributed by atoms with E-state index in [0.29, 0.717) is 23.7 Å². The number of furan rings is 1. The van der Waals surface area contributed by atoms with Crippen LogP contribution in [-0.2, 0) is 12.4 Å². The molecule has 0 radical (unpaired) electrons. The lowest BCUT2D eigenvalue weighted by Gasteiger charge is -2.06. The Labute approximate surface area is 123 Å². The second kappa shape index (κ2) is 6.14. The molecule has 106 valence electrons. The molecule has 1 amide bonds. The highest BCUT2D eigenvalue weighted by Crippen LogP contribution is 2.20. The van der Waals surface area contributed by atoms with E-state index in [2.05, 4.69) is 5.32 Å². The second-order valence-corrected chi connectivity index (χ2v) is 5.12. The molecule has 0 bridgehead atoms. The maximum atomic E-state index is 12.2. The highest BCUT2D eigenvalue weighted by atomic mass is 35.5. The summed E-state index contributed by atoms with van der Waals surface area (Å²) >= 11 is 5.80. The Morgan fingerprint density at radius 3 is 2.50 bits per heavy atom. The highest BCUT2D eigenvalue weighted by molar-refractivity contribution is 6.17. The molecule has 0 saturated carbocycles. The number of aryl methyl sites for hydroxylation is 2. The standard InChI is InChI=1S/C16H18ClNO2/c1-10-11(2)20-12(3)15(10)16(19)18-9-14-6-4-5-13(7-14)8-17/h4-7H,8-9H2,1-3H3,(H,18,19). The largest absolute Gasteiger partial charge is 0.466 e. The minimum Gasteiger partial charge on any atom is -0.466 e. The van der Waals surface area contributed by atoms with Crippen LogP contribution in [0.15, 0.2) is 28.7 Å². The van der Waals surface area contributed by atoms with Gasteiger partial charge in [-0.05, 0) is 31.9 Å². The molecule has 0 saturated heterocycles. The molecule has 0 aliphatic rings. The van der Waals surface area contributed by atoms with Crippen molar-refractivity contribution in [1.29, 1.82) is 0 Å². The number of carbonyl (C=O) groups excluding carboxylic acids is 1. The molecule has 0 aliphatic heterocycles. The number of alkyl halides is 1. The van der Waals surface area contributed by atoms with E-state index < -0.39 is 0 Å². The van der Waals surface area contributed by atoms with Crippen LogP contribution in [0.25, 0.3) is 0 Å². The van der Waals surface area contributed by atoms with E-state index in [1.54, 1.807) is 0 Å². The van der Waals surface area contributed by atoms with Gasteiger partial charge >= 0.3 is 0 Å². The molecule has 1 N–H and O–H groups in total. The Bertz CT molecular complexity index is 631. The van der Waals surface area contributed by atoms with Gasteiger partial charge in [0.05, 0.1) is 5.56 Å². The maximum absolute atomic E-state index is 12.2. The molecule has 0 fully saturated rings. The summed E-state index contributed by atoms with van der Waals surface area (Å²) in [6, 6.07) is 7.87. The number of amides is 1. The molecule has 4 heteroatoms. The van der Waals surface area contributed by atoms with Gasteiger partial charge in [0.15, 0.2) is 0 Å². The van der Waals surface area contributed by atoms with Gasteiger partial charge in [0, 0.05) is 18.0 Å². The lowest BCUT2D eigenvalue weighted by molar-refractivity contribution is 0.0949. The Hall–Kier alpha value is -1.74. The molecule has 1 aromatic carbocycles. The molecule has 2 aromatic rings. The van der Waals surface area contributed by atoms with E-state index in [9.17, 15) is 4.79 Å². The number of hydrogen-bond donors (Lipinski definition) is 1. The van der Waals surface area contributed by atoms with Gasteiger partial charge in [-0.3, -0.25) is 4.79 Å². The molecule has 20 heavy (non-hydrogen) atoms. The first-order chi connectivity index (χ1) is 9.52. The van der Waals surface area contributed by atoms with Crippen LogP contribution in [0.5, 0.6) is 0 Å². The molecule has 2 rings (SSSR count). The van der Waals surface area contributed by atoms with Crippen molar-refractivity contribution in [3.8, 4) is 0 Å². The maximum Gasteiger partial charge on any atom is 0.255 e. The summed E-state index contributed by atoms with van der Waals surface area (Å²) in [5, 5.41) is 2.92. The first kappa shape index (κ1) is 14.7. The summed E-state index contributed by atoms with van der Waals surface area (Å²) < 4.78 is 5.48. The van der Waals surface area contributed by atoms with Crippen molar-refractivity contribution in [3.63, 3.8) is 0 Å². The van der Waals surface area contributed by atoms with Gasteiger partial charge in [-0.15, -0.1) is 11.6 Å². The molecule has 1 aromatic heterocycles. The van der Waals surface area contributed by atoms with Gasteiger partial charge in [0.1, 0.15) is 11.5 Å². The van der Waals surface area contributed by atoms with E-state index in [0.717, 1.165) is 22.5 Å². The molecular weight excluding hydrogens is 274 g/mol. The predicted molar refractivity (Wildman–Crippen MR) is 80.1 cm³/mol. The van der Waals surface area contributed by atoms with Gasteiger partial charge in [-0.1, -0.05) is 24.3 Å². The van der Waals surface area contributed by atoms with E-state index >= 15 is 0 Å². The molecule has 0 atom stereocenters. The zero-order chi connectivity index (χ0) is 14.7. The Kier molecular flexibility index (Phi) is 4.50. The lowest BCUT2D eigenvalue weighted by Crippen LogP contribution is -2.23. The number of halogens is 1. The van der Waals surface area contributed by atoms with Crippen LogP contribution >= 0.6 is 11.6 Å². The Morgan fingerprint density at radius 2 is 1.90 bits per heavy atom. The number of nitrogens with one attached hydrogen (secondary N) is 1. The average molecular weight is 292 g/mol. The van der Waals surface area contributed by atoms with Crippen molar-refractivity contribution < 1.29 is 9.21 Å². The summed E-state index contributed by atoms with van der Waals surface area (Å²) in [4.78, 5) is 12.2. The third-order valence-electron chi connectivity index (χ3n) is 3.39. The summed E-state index contributed by atoms with van der Waals surface area (Å²) in [6.07, 6.45) is 0. The fourth-order valence-electron chi connectivity index (χ4n) is 2.22. The highest BCUT2D eigenvalue weighted by Gasteiger charge is 2.18. The molecular formula is C16H18ClNO2. The van der Waals surface area contributed by atoms with E-state index in [-0.39, 0.29) is 5.91 Å². The van der Waals surface area contributed by atoms with Crippen LogP contribution in [0.2, 0.25) is 0 Å². The van der Waals surface area contributed by atoms with Crippen LogP contribution in [-0.4, -0.2) is 5.91 Å². The van der Waals surface area contributed by atoms with Gasteiger partial charge < -0.3 is 9.73 Å². The number of hydrogen-bond acceptors (Lipinski definition) is 2. The van der Waals surface area contributed by atoms with Gasteiger partial charge in [0.25, 0.3) is 5.91 Å². The first-order valence-corrected chi connectivity index (χ1v) is 7.05. The van der Waals surface area contributed by atoms with Gasteiger partial charge in [0.2, 0.25) is 0 Å². The quantitative estimate of drug-likeness (QED) is 0.869. The molecule has 0 spiro atoms. The fraction of sp³-hybridized carbons (Fsp3) is 0.312. The minimum absolute atomic E-state index is 0.104. The van der Waals surface area contributed by atoms with Crippen molar-refractivity contribution >= 4 is 17.5 Å². The second-order valence-electron chi connectivity index (χ2n) is 4.85. The Balaban J connectivity index is 2.08. The molecule has 3 nitrogen and oxygen atoms in total. The van der Waals surface area contributed by atoms with E-state index in [4.69, 9.17) is 16.0 Å². The van der Waals surface area contributed by atoms with Crippen molar-refractivity contribution in [1.82, 2.24) is 5.32 Å². The zero-order valence-electron chi connectivity index (χ0n) is 11.9. The van der Waals surface area contributed by atoms with Gasteiger partial charge in [-0.2, -0.15) is 0 Å². The van der Waals surface area contributed by atoms with E-state index in [1.807, 2.05) is 45.0 Å². The van der Waals surface area contributed by atoms with Crippen molar-refractivity contribution in [2.75, 3.05) is 0 Å². The van der Waals surface area contributed by atoms with Crippen LogP contribution < -0.4 is 5.32 Å². The zero-order valence-corrected chi connectivity index (χ0v) is 12.7. The third kappa shape index (κ3) is 3.05. The average Bonchev–Trinajstić information content (AvgIpc) is 2.70. The van der Waals surface area contributed by atoms with Crippen LogP contribution in [0.4, 0.5) is 0 Å². The van der Waals surface area contributed by atoms with Crippen molar-refractivity contribution in [2.45, 2.75) is 33.2 Å². The predicted octanol–water partition coefficient (Wildman–Crippen LogP) is 3.87. The van der Waals surface area contributed by atoms with Crippen LogP contribution in [0.3, 0.4) is 0 Å². The summed E-state index contributed by atoms with van der Waals surface area (Å²) in [5.74, 6) is 1.82. The number of benzene rings is 1. The number of carbonyl (C=O) groups is 1. The summed E-state index contributed by atoms with van der Waals surface area (Å²) in [6.45, 7) is 6.05. The molecule has 0 unspecified atom stereocenters. The van der Waals surface area contributed by atoms with Crippen molar-refractivity contribution in [3.05, 3.63) is 58.0 Å². The monoisotopic (exact) mass is 291 g/mol. The lowest BCUT2D eigenvalue weighted by atomic mass is 10.1. The minimum atomic E-state index is -0.104. The number of rotatable bonds is 4. The van der Waals surface area contributed by atoms with Crippen LogP contribution in [0, 0.1) is 20.8 Å². The SMILES string of the molecule is Cc1oc(C)c(C(=O)NCc2cccc(CCl)c2)c1C. The molecule has 1 heterocycles. The smallest absolute Gasteiger partial charge is 0.255 e. The topological polar surface area (TPSA) is 42.2 Å². The summed E-state index contributed by atoms with van der Waals surface area (Å²) in [7, 11) is 0. The third-order valence-corrected chi connectivity index (χ3v) is 3.70. The molecule has 0 aliphatic carbocycles. The normalized spacial score (nSPS) is 10.6. The van der Waals surface area contributed by atoms with Gasteiger partial charge in [-0.25, -0.2) is 0 Å². The summed E-state index contributed by atoms with van der Waals surface area (Å²) in [5.41, 5.74) is 3.61.